The van der Waals surface area contributed by atoms with Crippen LogP contribution in [0.3, 0.4) is 0 Å². The van der Waals surface area contributed by atoms with Gasteiger partial charge in [-0.05, 0) is 61.9 Å². The van der Waals surface area contributed by atoms with E-state index in [1.54, 1.807) is 0 Å². The van der Waals surface area contributed by atoms with Crippen LogP contribution in [0.15, 0.2) is 43.0 Å². The largest absolute Gasteiger partial charge is 0.338 e. The quantitative estimate of drug-likeness (QED) is 0.775. The predicted octanol–water partition coefficient (Wildman–Crippen LogP) is 4.95. The Morgan fingerprint density at radius 1 is 1.16 bits per heavy atom. The smallest absolute Gasteiger partial charge is 0.233 e. The lowest BCUT2D eigenvalue weighted by atomic mass is 9.80. The maximum absolute atomic E-state index is 13.2. The Labute approximate surface area is 151 Å². The van der Waals surface area contributed by atoms with Gasteiger partial charge in [-0.3, -0.25) is 4.79 Å². The van der Waals surface area contributed by atoms with Crippen molar-refractivity contribution in [1.82, 2.24) is 4.90 Å². The van der Waals surface area contributed by atoms with E-state index in [1.807, 2.05) is 23.1 Å². The van der Waals surface area contributed by atoms with Crippen LogP contribution in [-0.4, -0.2) is 17.4 Å². The van der Waals surface area contributed by atoms with E-state index in [9.17, 15) is 4.79 Å². The summed E-state index contributed by atoms with van der Waals surface area (Å²) in [5.74, 6) is 0.230. The molecule has 1 atom stereocenters. The highest BCUT2D eigenvalue weighted by molar-refractivity contribution is 5.90. The summed E-state index contributed by atoms with van der Waals surface area (Å²) >= 11 is 0. The van der Waals surface area contributed by atoms with Crippen molar-refractivity contribution >= 4 is 12.0 Å². The first-order chi connectivity index (χ1) is 11.8. The highest BCUT2D eigenvalue weighted by Gasteiger charge is 2.44. The van der Waals surface area contributed by atoms with Crippen molar-refractivity contribution in [2.24, 2.45) is 0 Å². The van der Waals surface area contributed by atoms with Crippen molar-refractivity contribution in [2.45, 2.75) is 46.1 Å². The predicted molar refractivity (Wildman–Crippen MR) is 105 cm³/mol. The molecule has 1 aliphatic heterocycles. The van der Waals surface area contributed by atoms with E-state index in [4.69, 9.17) is 0 Å². The average Bonchev–Trinajstić information content (AvgIpc) is 2.87. The molecule has 1 fully saturated rings. The summed E-state index contributed by atoms with van der Waals surface area (Å²) in [4.78, 5) is 15.2. The number of carbonyl (C=O) groups excluding carboxylic acids is 1. The van der Waals surface area contributed by atoms with E-state index in [2.05, 4.69) is 58.5 Å². The molecule has 0 bridgehead atoms. The third-order valence-corrected chi connectivity index (χ3v) is 5.59. The Balaban J connectivity index is 1.88. The number of hydrogen-bond donors (Lipinski definition) is 0. The highest BCUT2D eigenvalue weighted by atomic mass is 16.2. The molecule has 1 amide bonds. The molecule has 0 saturated carbocycles. The van der Waals surface area contributed by atoms with Crippen LogP contribution in [0.4, 0.5) is 0 Å². The maximum atomic E-state index is 13.2. The Bertz CT molecular complexity index is 813. The number of carbonyl (C=O) groups is 1. The first-order valence-corrected chi connectivity index (χ1v) is 8.94. The second kappa shape index (κ2) is 6.51. The van der Waals surface area contributed by atoms with Crippen molar-refractivity contribution in [2.75, 3.05) is 6.54 Å². The zero-order valence-electron chi connectivity index (χ0n) is 15.7. The van der Waals surface area contributed by atoms with Crippen LogP contribution >= 0.6 is 0 Å². The van der Waals surface area contributed by atoms with Crippen LogP contribution in [0.2, 0.25) is 0 Å². The Hall–Kier alpha value is -2.35. The van der Waals surface area contributed by atoms with Gasteiger partial charge in [0.05, 0.1) is 5.41 Å². The molecule has 0 radical (unpaired) electrons. The van der Waals surface area contributed by atoms with Gasteiger partial charge in [0.1, 0.15) is 0 Å². The second-order valence-electron chi connectivity index (χ2n) is 7.52. The number of amides is 1. The van der Waals surface area contributed by atoms with Crippen LogP contribution < -0.4 is 0 Å². The summed E-state index contributed by atoms with van der Waals surface area (Å²) in [5, 5.41) is 0. The molecule has 1 heterocycles. The summed E-state index contributed by atoms with van der Waals surface area (Å²) in [7, 11) is 0. The molecule has 0 aliphatic carbocycles. The van der Waals surface area contributed by atoms with Crippen molar-refractivity contribution < 1.29 is 4.79 Å². The van der Waals surface area contributed by atoms with Gasteiger partial charge in [-0.15, -0.1) is 0 Å². The van der Waals surface area contributed by atoms with E-state index in [1.165, 1.54) is 22.3 Å². The molecule has 1 saturated heterocycles. The number of rotatable bonds is 4. The monoisotopic (exact) mass is 333 g/mol. The van der Waals surface area contributed by atoms with Gasteiger partial charge in [0, 0.05) is 13.1 Å². The number of likely N-dealkylation sites (tertiary alicyclic amines) is 1. The minimum absolute atomic E-state index is 0.230. The topological polar surface area (TPSA) is 20.3 Å². The summed E-state index contributed by atoms with van der Waals surface area (Å²) in [6, 6.07) is 12.6. The molecule has 1 aliphatic rings. The number of aryl methyl sites for hydroxylation is 3. The molecule has 130 valence electrons. The molecule has 2 aromatic rings. The van der Waals surface area contributed by atoms with Gasteiger partial charge in [0.2, 0.25) is 5.91 Å². The Morgan fingerprint density at radius 3 is 2.48 bits per heavy atom. The van der Waals surface area contributed by atoms with Crippen LogP contribution in [0.5, 0.6) is 0 Å². The molecule has 2 nitrogen and oxygen atoms in total. The number of benzene rings is 2. The van der Waals surface area contributed by atoms with Crippen molar-refractivity contribution in [3.05, 3.63) is 76.4 Å². The Kier molecular flexibility index (Phi) is 4.55. The Morgan fingerprint density at radius 2 is 1.84 bits per heavy atom. The van der Waals surface area contributed by atoms with Crippen molar-refractivity contribution in [1.29, 1.82) is 0 Å². The summed E-state index contributed by atoms with van der Waals surface area (Å²) in [6.07, 6.45) is 2.69. The van der Waals surface area contributed by atoms with E-state index in [0.29, 0.717) is 6.54 Å². The fourth-order valence-corrected chi connectivity index (χ4v) is 3.99. The van der Waals surface area contributed by atoms with Crippen LogP contribution in [-0.2, 0) is 16.8 Å². The SMILES string of the molecule is C=Cc1cccc([C@]2(C)CCN(Cc3c(C)cc(C)cc3C)C2=O)c1. The summed E-state index contributed by atoms with van der Waals surface area (Å²) < 4.78 is 0. The molecular weight excluding hydrogens is 306 g/mol. The van der Waals surface area contributed by atoms with Gasteiger partial charge in [0.25, 0.3) is 0 Å². The standard InChI is InChI=1S/C23H27NO/c1-6-19-8-7-9-20(14-19)23(5)10-11-24(22(23)25)15-21-17(3)12-16(2)13-18(21)4/h6-9,12-14H,1,10-11,15H2,2-5H3/t23-/m0/s1. The van der Waals surface area contributed by atoms with Crippen LogP contribution in [0.25, 0.3) is 6.08 Å². The molecule has 2 heteroatoms. The first kappa shape index (κ1) is 17.5. The van der Waals surface area contributed by atoms with Crippen LogP contribution in [0, 0.1) is 20.8 Å². The molecule has 0 N–H and O–H groups in total. The fraction of sp³-hybridized carbons (Fsp3) is 0.348. The van der Waals surface area contributed by atoms with E-state index in [0.717, 1.165) is 24.1 Å². The minimum Gasteiger partial charge on any atom is -0.338 e. The molecule has 3 rings (SSSR count). The molecule has 0 aromatic heterocycles. The van der Waals surface area contributed by atoms with E-state index < -0.39 is 5.41 Å². The average molecular weight is 333 g/mol. The third-order valence-electron chi connectivity index (χ3n) is 5.59. The maximum Gasteiger partial charge on any atom is 0.233 e. The first-order valence-electron chi connectivity index (χ1n) is 8.94. The van der Waals surface area contributed by atoms with Gasteiger partial charge < -0.3 is 4.90 Å². The number of nitrogens with zero attached hydrogens (tertiary/aromatic N) is 1. The minimum atomic E-state index is -0.439. The van der Waals surface area contributed by atoms with Gasteiger partial charge in [-0.25, -0.2) is 0 Å². The highest BCUT2D eigenvalue weighted by Crippen LogP contribution is 2.37. The normalized spacial score (nSPS) is 20.2. The van der Waals surface area contributed by atoms with Gasteiger partial charge in [-0.1, -0.05) is 54.6 Å². The number of hydrogen-bond acceptors (Lipinski definition) is 1. The molecule has 25 heavy (non-hydrogen) atoms. The van der Waals surface area contributed by atoms with Gasteiger partial charge >= 0.3 is 0 Å². The lowest BCUT2D eigenvalue weighted by Crippen LogP contribution is -2.35. The van der Waals surface area contributed by atoms with Gasteiger partial charge in [-0.2, -0.15) is 0 Å². The molecular formula is C23H27NO. The third kappa shape index (κ3) is 3.13. The molecule has 2 aromatic carbocycles. The zero-order valence-corrected chi connectivity index (χ0v) is 15.7. The van der Waals surface area contributed by atoms with E-state index >= 15 is 0 Å². The zero-order chi connectivity index (χ0) is 18.2. The van der Waals surface area contributed by atoms with Gasteiger partial charge in [0.15, 0.2) is 0 Å². The fourth-order valence-electron chi connectivity index (χ4n) is 3.99. The summed E-state index contributed by atoms with van der Waals surface area (Å²) in [5.41, 5.74) is 6.82. The summed E-state index contributed by atoms with van der Waals surface area (Å²) in [6.45, 7) is 13.8. The second-order valence-corrected chi connectivity index (χ2v) is 7.52. The lowest BCUT2D eigenvalue weighted by Gasteiger charge is -2.25. The van der Waals surface area contributed by atoms with Crippen LogP contribution in [0.1, 0.15) is 46.7 Å². The molecule has 0 unspecified atom stereocenters. The van der Waals surface area contributed by atoms with Crippen molar-refractivity contribution in [3.8, 4) is 0 Å². The molecule has 0 spiro atoms. The van der Waals surface area contributed by atoms with E-state index in [-0.39, 0.29) is 5.91 Å². The lowest BCUT2D eigenvalue weighted by molar-refractivity contribution is -0.132. The van der Waals surface area contributed by atoms with Crippen molar-refractivity contribution in [3.63, 3.8) is 0 Å².